The van der Waals surface area contributed by atoms with E-state index in [1.807, 2.05) is 67.6 Å². The molecular weight excluding hydrogens is 564 g/mol. The molecule has 1 unspecified atom stereocenters. The van der Waals surface area contributed by atoms with E-state index in [2.05, 4.69) is 18.8 Å². The quantitative estimate of drug-likeness (QED) is 0.115. The Morgan fingerprint density at radius 1 is 1.02 bits per heavy atom. The highest BCUT2D eigenvalue weighted by Gasteiger charge is 2.48. The fourth-order valence-corrected chi connectivity index (χ4v) is 6.33. The van der Waals surface area contributed by atoms with Crippen molar-refractivity contribution in [2.75, 3.05) is 18.1 Å². The third kappa shape index (κ3) is 5.23. The minimum absolute atomic E-state index is 0.0349. The third-order valence-corrected chi connectivity index (χ3v) is 8.39. The number of imidazole rings is 1. The van der Waals surface area contributed by atoms with Crippen LogP contribution in [-0.2, 0) is 9.59 Å². The van der Waals surface area contributed by atoms with Crippen LogP contribution in [0.15, 0.2) is 72.4 Å². The van der Waals surface area contributed by atoms with E-state index in [1.54, 1.807) is 17.5 Å². The number of carbonyl (C=O) groups is 2. The van der Waals surface area contributed by atoms with Gasteiger partial charge in [-0.25, -0.2) is 9.97 Å². The van der Waals surface area contributed by atoms with Crippen molar-refractivity contribution in [1.29, 1.82) is 0 Å². The lowest BCUT2D eigenvalue weighted by molar-refractivity contribution is -0.132. The Morgan fingerprint density at radius 2 is 1.84 bits per heavy atom. The van der Waals surface area contributed by atoms with Crippen molar-refractivity contribution in [2.24, 2.45) is 5.92 Å². The predicted octanol–water partition coefficient (Wildman–Crippen LogP) is 6.70. The number of aliphatic hydroxyl groups is 1. The van der Waals surface area contributed by atoms with E-state index in [-0.39, 0.29) is 11.3 Å². The minimum Gasteiger partial charge on any atom is -0.505 e. The number of aromatic nitrogens is 3. The summed E-state index contributed by atoms with van der Waals surface area (Å²) in [6.45, 7) is 8.98. The van der Waals surface area contributed by atoms with Gasteiger partial charge in [-0.3, -0.25) is 18.9 Å². The molecule has 0 aliphatic carbocycles. The first-order valence-electron chi connectivity index (χ1n) is 14.3. The Bertz CT molecular complexity index is 1890. The molecule has 2 aromatic carbocycles. The maximum Gasteiger partial charge on any atom is 0.301 e. The smallest absolute Gasteiger partial charge is 0.301 e. The van der Waals surface area contributed by atoms with E-state index in [0.29, 0.717) is 63.9 Å². The van der Waals surface area contributed by atoms with Gasteiger partial charge in [0.1, 0.15) is 22.8 Å². The summed E-state index contributed by atoms with van der Waals surface area (Å²) in [7, 11) is 0. The maximum absolute atomic E-state index is 13.8. The van der Waals surface area contributed by atoms with E-state index in [1.165, 1.54) is 16.2 Å². The highest BCUT2D eigenvalue weighted by atomic mass is 32.1. The van der Waals surface area contributed by atoms with Gasteiger partial charge in [0.15, 0.2) is 10.9 Å². The molecule has 0 spiro atoms. The maximum atomic E-state index is 13.8. The van der Waals surface area contributed by atoms with Crippen LogP contribution >= 0.6 is 11.3 Å². The van der Waals surface area contributed by atoms with Gasteiger partial charge >= 0.3 is 5.91 Å². The van der Waals surface area contributed by atoms with E-state index < -0.39 is 17.7 Å². The lowest BCUT2D eigenvalue weighted by atomic mass is 9.96. The lowest BCUT2D eigenvalue weighted by Crippen LogP contribution is -2.29. The second-order valence-electron chi connectivity index (χ2n) is 10.8. The number of rotatable bonds is 9. The molecule has 10 heteroatoms. The van der Waals surface area contributed by atoms with Crippen LogP contribution in [0.4, 0.5) is 5.13 Å². The summed E-state index contributed by atoms with van der Waals surface area (Å²) in [4.78, 5) is 38.3. The lowest BCUT2D eigenvalue weighted by Gasteiger charge is -2.23. The average molecular weight is 597 g/mol. The molecule has 1 fully saturated rings. The van der Waals surface area contributed by atoms with Crippen molar-refractivity contribution in [3.63, 3.8) is 0 Å². The molecule has 6 rings (SSSR count). The first kappa shape index (κ1) is 28.4. The number of aryl methyl sites for hydroxylation is 1. The normalized spacial score (nSPS) is 16.6. The van der Waals surface area contributed by atoms with E-state index in [4.69, 9.17) is 14.5 Å². The fourth-order valence-electron chi connectivity index (χ4n) is 5.31. The first-order chi connectivity index (χ1) is 20.8. The van der Waals surface area contributed by atoms with Crippen LogP contribution in [0, 0.1) is 12.8 Å². The van der Waals surface area contributed by atoms with Crippen LogP contribution in [0.5, 0.6) is 11.5 Å². The average Bonchev–Trinajstić information content (AvgIpc) is 3.63. The summed E-state index contributed by atoms with van der Waals surface area (Å²) in [5.74, 6) is -0.0842. The standard InChI is InChI=1S/C33H32N4O5S/c1-5-41-23-12-13-24-25(18-23)43-33(35-24)37-29(21-9-8-10-22(17-21)42-16-14-19(2)3)27(31(39)32(37)40)30(38)28-20(4)34-26-11-6-7-15-36(26)28/h6-13,15,17-19,29,38H,5,14,16H2,1-4H3. The first-order valence-corrected chi connectivity index (χ1v) is 15.1. The number of benzene rings is 2. The number of nitrogens with zero attached hydrogens (tertiary/aromatic N) is 4. The molecule has 1 saturated heterocycles. The van der Waals surface area contributed by atoms with Crippen molar-refractivity contribution in [3.05, 3.63) is 89.4 Å². The number of thiazole rings is 1. The Labute approximate surface area is 253 Å². The number of carbonyl (C=O) groups excluding carboxylic acids is 2. The molecule has 3 aromatic heterocycles. The number of fused-ring (bicyclic) bond motifs is 2. The third-order valence-electron chi connectivity index (χ3n) is 7.38. The van der Waals surface area contributed by atoms with Gasteiger partial charge in [-0.05, 0) is 74.2 Å². The summed E-state index contributed by atoms with van der Waals surface area (Å²) in [5.41, 5.74) is 2.75. The van der Waals surface area contributed by atoms with Gasteiger partial charge in [0.05, 0.1) is 40.7 Å². The minimum atomic E-state index is -0.950. The zero-order valence-electron chi connectivity index (χ0n) is 24.4. The molecule has 4 heterocycles. The molecule has 0 radical (unpaired) electrons. The number of aliphatic hydroxyl groups excluding tert-OH is 1. The Kier molecular flexibility index (Phi) is 7.62. The van der Waals surface area contributed by atoms with E-state index >= 15 is 0 Å². The number of pyridine rings is 1. The van der Waals surface area contributed by atoms with Gasteiger partial charge in [-0.15, -0.1) is 0 Å². The Hall–Kier alpha value is -4.70. The van der Waals surface area contributed by atoms with Crippen LogP contribution in [0.3, 0.4) is 0 Å². The highest BCUT2D eigenvalue weighted by Crippen LogP contribution is 2.45. The molecule has 9 nitrogen and oxygen atoms in total. The molecule has 1 amide bonds. The van der Waals surface area contributed by atoms with Crippen molar-refractivity contribution in [3.8, 4) is 11.5 Å². The molecule has 1 aliphatic rings. The second-order valence-corrected chi connectivity index (χ2v) is 11.8. The van der Waals surface area contributed by atoms with Gasteiger partial charge in [-0.1, -0.05) is 43.4 Å². The van der Waals surface area contributed by atoms with Crippen LogP contribution in [-0.4, -0.2) is 44.4 Å². The molecule has 0 bridgehead atoms. The van der Waals surface area contributed by atoms with Gasteiger partial charge in [0.25, 0.3) is 5.78 Å². The van der Waals surface area contributed by atoms with Crippen LogP contribution < -0.4 is 14.4 Å². The molecule has 5 aromatic rings. The van der Waals surface area contributed by atoms with Gasteiger partial charge in [-0.2, -0.15) is 0 Å². The summed E-state index contributed by atoms with van der Waals surface area (Å²) in [6.07, 6.45) is 2.65. The van der Waals surface area contributed by atoms with Crippen molar-refractivity contribution in [2.45, 2.75) is 40.2 Å². The van der Waals surface area contributed by atoms with Crippen LogP contribution in [0.2, 0.25) is 0 Å². The number of Topliss-reactive ketones (excluding diaryl/α,β-unsaturated/α-hetero) is 1. The number of ketones is 1. The number of ether oxygens (including phenoxy) is 2. The number of anilines is 1. The molecule has 0 saturated carbocycles. The van der Waals surface area contributed by atoms with Gasteiger partial charge in [0, 0.05) is 6.20 Å². The van der Waals surface area contributed by atoms with Gasteiger partial charge in [0.2, 0.25) is 0 Å². The SMILES string of the molecule is CCOc1ccc2nc(N3C(=O)C(=O)C(=C(O)c4c(C)nc5ccccn45)C3c3cccc(OCCC(C)C)c3)sc2c1. The number of hydrogen-bond acceptors (Lipinski definition) is 8. The summed E-state index contributed by atoms with van der Waals surface area (Å²) in [6, 6.07) is 17.4. The Morgan fingerprint density at radius 3 is 2.63 bits per heavy atom. The van der Waals surface area contributed by atoms with E-state index in [9.17, 15) is 14.7 Å². The van der Waals surface area contributed by atoms with Crippen LogP contribution in [0.1, 0.15) is 50.2 Å². The van der Waals surface area contributed by atoms with Crippen molar-refractivity contribution in [1.82, 2.24) is 14.4 Å². The molecule has 220 valence electrons. The molecule has 43 heavy (non-hydrogen) atoms. The van der Waals surface area contributed by atoms with Crippen molar-refractivity contribution < 1.29 is 24.2 Å². The fraction of sp³-hybridized carbons (Fsp3) is 0.273. The van der Waals surface area contributed by atoms with Crippen molar-refractivity contribution >= 4 is 49.8 Å². The zero-order chi connectivity index (χ0) is 30.2. The summed E-state index contributed by atoms with van der Waals surface area (Å²) in [5, 5.41) is 12.2. The molecule has 1 aliphatic heterocycles. The van der Waals surface area contributed by atoms with Crippen LogP contribution in [0.25, 0.3) is 21.6 Å². The highest BCUT2D eigenvalue weighted by molar-refractivity contribution is 7.22. The summed E-state index contributed by atoms with van der Waals surface area (Å²) >= 11 is 1.29. The molecule has 1 N–H and O–H groups in total. The summed E-state index contributed by atoms with van der Waals surface area (Å²) < 4.78 is 14.2. The molecule has 1 atom stereocenters. The molecular formula is C33H32N4O5S. The van der Waals surface area contributed by atoms with E-state index in [0.717, 1.165) is 11.1 Å². The second kappa shape index (κ2) is 11.5. The largest absolute Gasteiger partial charge is 0.505 e. The zero-order valence-corrected chi connectivity index (χ0v) is 25.2. The topological polar surface area (TPSA) is 106 Å². The monoisotopic (exact) mass is 596 g/mol. The number of hydrogen-bond donors (Lipinski definition) is 1. The predicted molar refractivity (Wildman–Crippen MR) is 167 cm³/mol. The Balaban J connectivity index is 1.52. The number of amides is 1. The van der Waals surface area contributed by atoms with Gasteiger partial charge < -0.3 is 14.6 Å².